The van der Waals surface area contributed by atoms with E-state index in [2.05, 4.69) is 4.74 Å². The smallest absolute Gasteiger partial charge is 0.387 e. The zero-order valence-corrected chi connectivity index (χ0v) is 17.2. The van der Waals surface area contributed by atoms with Gasteiger partial charge < -0.3 is 18.9 Å². The number of methoxy groups -OCH3 is 1. The van der Waals surface area contributed by atoms with E-state index in [1.54, 1.807) is 24.3 Å². The first-order valence-electron chi connectivity index (χ1n) is 8.72. The lowest BCUT2D eigenvalue weighted by atomic mass is 10.1. The Bertz CT molecular complexity index is 1040. The van der Waals surface area contributed by atoms with Crippen LogP contribution in [0.5, 0.6) is 23.0 Å². The molecular weight excluding hydrogens is 436 g/mol. The molecule has 2 heterocycles. The molecule has 2 aromatic rings. The highest BCUT2D eigenvalue weighted by atomic mass is 32.2. The molecule has 1 fully saturated rings. The first-order valence-corrected chi connectivity index (χ1v) is 9.94. The Morgan fingerprint density at radius 3 is 2.83 bits per heavy atom. The minimum absolute atomic E-state index is 0.139. The maximum atomic E-state index is 12.9. The van der Waals surface area contributed by atoms with Crippen molar-refractivity contribution < 1.29 is 32.5 Å². The van der Waals surface area contributed by atoms with Gasteiger partial charge in [-0.25, -0.2) is 0 Å². The van der Waals surface area contributed by atoms with Crippen LogP contribution in [0.1, 0.15) is 11.1 Å². The first-order chi connectivity index (χ1) is 14.5. The van der Waals surface area contributed by atoms with Crippen LogP contribution < -0.4 is 18.9 Å². The Balaban J connectivity index is 1.59. The summed E-state index contributed by atoms with van der Waals surface area (Å²) in [7, 11) is 1.35. The van der Waals surface area contributed by atoms with Gasteiger partial charge in [0.2, 0.25) is 6.79 Å². The summed E-state index contributed by atoms with van der Waals surface area (Å²) in [6.07, 6.45) is 1.47. The fourth-order valence-electron chi connectivity index (χ4n) is 3.02. The Kier molecular flexibility index (Phi) is 5.78. The number of para-hydroxylation sites is 1. The van der Waals surface area contributed by atoms with Crippen LogP contribution in [0.2, 0.25) is 0 Å². The standard InChI is InChI=1S/C20H15F2NO5S2/c1-25-14-4-2-3-12(17(14)28-19(21)22)8-16-18(24)23(20(29)30-16)9-11-5-6-13-15(7-11)27-10-26-13/h2-8,19H,9-10H2,1H3/b16-8-. The number of amides is 1. The van der Waals surface area contributed by atoms with E-state index in [4.69, 9.17) is 26.4 Å². The number of halogens is 2. The Morgan fingerprint density at radius 1 is 1.27 bits per heavy atom. The third-order valence-electron chi connectivity index (χ3n) is 4.37. The molecule has 4 rings (SSSR count). The number of thiocarbonyl (C=S) groups is 1. The SMILES string of the molecule is COc1cccc(/C=C2\SC(=S)N(Cc3ccc4c(c3)OCO4)C2=O)c1OC(F)F. The highest BCUT2D eigenvalue weighted by Gasteiger charge is 2.33. The predicted molar refractivity (Wildman–Crippen MR) is 111 cm³/mol. The highest BCUT2D eigenvalue weighted by Crippen LogP contribution is 2.39. The number of hydrogen-bond acceptors (Lipinski definition) is 7. The van der Waals surface area contributed by atoms with E-state index in [1.807, 2.05) is 6.07 Å². The van der Waals surface area contributed by atoms with Crippen LogP contribution in [0, 0.1) is 0 Å². The molecular formula is C20H15F2NO5S2. The number of fused-ring (bicyclic) bond motifs is 1. The lowest BCUT2D eigenvalue weighted by Gasteiger charge is -2.15. The van der Waals surface area contributed by atoms with Gasteiger partial charge in [-0.05, 0) is 29.8 Å². The van der Waals surface area contributed by atoms with Crippen molar-refractivity contribution in [1.82, 2.24) is 4.90 Å². The lowest BCUT2D eigenvalue weighted by molar-refractivity contribution is -0.122. The minimum Gasteiger partial charge on any atom is -0.493 e. The van der Waals surface area contributed by atoms with Crippen LogP contribution in [0.3, 0.4) is 0 Å². The van der Waals surface area contributed by atoms with Crippen molar-refractivity contribution in [2.45, 2.75) is 13.2 Å². The minimum atomic E-state index is -3.03. The third-order valence-corrected chi connectivity index (χ3v) is 5.75. The van der Waals surface area contributed by atoms with Crippen molar-refractivity contribution in [3.05, 3.63) is 52.4 Å². The van der Waals surface area contributed by atoms with Crippen LogP contribution >= 0.6 is 24.0 Å². The van der Waals surface area contributed by atoms with Gasteiger partial charge in [0.25, 0.3) is 5.91 Å². The highest BCUT2D eigenvalue weighted by molar-refractivity contribution is 8.26. The van der Waals surface area contributed by atoms with Gasteiger partial charge in [0.05, 0.1) is 18.6 Å². The molecule has 0 radical (unpaired) electrons. The van der Waals surface area contributed by atoms with Crippen molar-refractivity contribution in [2.75, 3.05) is 13.9 Å². The molecule has 2 aliphatic rings. The number of ether oxygens (including phenoxy) is 4. The topological polar surface area (TPSA) is 57.2 Å². The molecule has 0 spiro atoms. The van der Waals surface area contributed by atoms with Gasteiger partial charge in [0.1, 0.15) is 4.32 Å². The summed E-state index contributed by atoms with van der Waals surface area (Å²) >= 11 is 6.45. The quantitative estimate of drug-likeness (QED) is 0.476. The average molecular weight is 451 g/mol. The van der Waals surface area contributed by atoms with Gasteiger partial charge in [0, 0.05) is 5.56 Å². The molecule has 0 unspecified atom stereocenters. The molecule has 0 saturated carbocycles. The van der Waals surface area contributed by atoms with Gasteiger partial charge in [-0.1, -0.05) is 42.2 Å². The van der Waals surface area contributed by atoms with Crippen LogP contribution in [-0.2, 0) is 11.3 Å². The second kappa shape index (κ2) is 8.49. The molecule has 0 aliphatic carbocycles. The van der Waals surface area contributed by atoms with Gasteiger partial charge in [-0.3, -0.25) is 9.69 Å². The number of rotatable bonds is 6. The summed E-state index contributed by atoms with van der Waals surface area (Å²) in [6, 6.07) is 10.1. The summed E-state index contributed by atoms with van der Waals surface area (Å²) in [5.74, 6) is 0.927. The summed E-state index contributed by atoms with van der Waals surface area (Å²) < 4.78 is 46.4. The monoisotopic (exact) mass is 451 g/mol. The molecule has 10 heteroatoms. The third kappa shape index (κ3) is 4.05. The van der Waals surface area contributed by atoms with Crippen molar-refractivity contribution in [1.29, 1.82) is 0 Å². The average Bonchev–Trinajstić information content (AvgIpc) is 3.28. The number of hydrogen-bond donors (Lipinski definition) is 0. The van der Waals surface area contributed by atoms with E-state index in [9.17, 15) is 13.6 Å². The van der Waals surface area contributed by atoms with E-state index < -0.39 is 6.61 Å². The number of thioether (sulfide) groups is 1. The second-order valence-corrected chi connectivity index (χ2v) is 7.89. The van der Waals surface area contributed by atoms with Gasteiger partial charge >= 0.3 is 6.61 Å². The van der Waals surface area contributed by atoms with Crippen molar-refractivity contribution in [3.8, 4) is 23.0 Å². The number of nitrogens with zero attached hydrogens (tertiary/aromatic N) is 1. The molecule has 6 nitrogen and oxygen atoms in total. The molecule has 0 bridgehead atoms. The van der Waals surface area contributed by atoms with Gasteiger partial charge in [0.15, 0.2) is 23.0 Å². The molecule has 2 aliphatic heterocycles. The lowest BCUT2D eigenvalue weighted by Crippen LogP contribution is -2.27. The second-order valence-electron chi connectivity index (χ2n) is 6.21. The number of alkyl halides is 2. The summed E-state index contributed by atoms with van der Waals surface area (Å²) in [6.45, 7) is -2.63. The summed E-state index contributed by atoms with van der Waals surface area (Å²) in [5, 5.41) is 0. The predicted octanol–water partition coefficient (Wildman–Crippen LogP) is 4.43. The fourth-order valence-corrected chi connectivity index (χ4v) is 4.27. The summed E-state index contributed by atoms with van der Waals surface area (Å²) in [4.78, 5) is 14.7. The van der Waals surface area contributed by atoms with E-state index in [0.29, 0.717) is 26.3 Å². The van der Waals surface area contributed by atoms with Crippen molar-refractivity contribution >= 4 is 40.3 Å². The van der Waals surface area contributed by atoms with E-state index >= 15 is 0 Å². The number of carbonyl (C=O) groups excluding carboxylic acids is 1. The Hall–Kier alpha value is -2.85. The summed E-state index contributed by atoms with van der Waals surface area (Å²) in [5.41, 5.74) is 1.11. The van der Waals surface area contributed by atoms with Crippen molar-refractivity contribution in [2.24, 2.45) is 0 Å². The van der Waals surface area contributed by atoms with E-state index in [-0.39, 0.29) is 30.7 Å². The maximum Gasteiger partial charge on any atom is 0.387 e. The molecule has 1 amide bonds. The maximum absolute atomic E-state index is 12.9. The number of carbonyl (C=O) groups is 1. The van der Waals surface area contributed by atoms with Crippen LogP contribution in [0.4, 0.5) is 8.78 Å². The molecule has 1 saturated heterocycles. The van der Waals surface area contributed by atoms with E-state index in [0.717, 1.165) is 17.3 Å². The van der Waals surface area contributed by atoms with E-state index in [1.165, 1.54) is 24.2 Å². The molecule has 0 N–H and O–H groups in total. The van der Waals surface area contributed by atoms with Gasteiger partial charge in [-0.15, -0.1) is 0 Å². The zero-order valence-electron chi connectivity index (χ0n) is 15.6. The normalized spacial score (nSPS) is 16.7. The first kappa shape index (κ1) is 20.4. The molecule has 2 aromatic carbocycles. The Labute approximate surface area is 180 Å². The van der Waals surface area contributed by atoms with Gasteiger partial charge in [-0.2, -0.15) is 8.78 Å². The molecule has 0 aromatic heterocycles. The van der Waals surface area contributed by atoms with Crippen LogP contribution in [-0.4, -0.2) is 35.6 Å². The molecule has 156 valence electrons. The Morgan fingerprint density at radius 2 is 2.07 bits per heavy atom. The fraction of sp³-hybridized carbons (Fsp3) is 0.200. The molecule has 30 heavy (non-hydrogen) atoms. The van der Waals surface area contributed by atoms with Crippen LogP contribution in [0.15, 0.2) is 41.3 Å². The molecule has 0 atom stereocenters. The zero-order chi connectivity index (χ0) is 21.3. The van der Waals surface area contributed by atoms with Crippen molar-refractivity contribution in [3.63, 3.8) is 0 Å². The van der Waals surface area contributed by atoms with Crippen LogP contribution in [0.25, 0.3) is 6.08 Å². The largest absolute Gasteiger partial charge is 0.493 e. The number of benzene rings is 2.